The number of hydrogen-bond acceptors (Lipinski definition) is 4. The van der Waals surface area contributed by atoms with E-state index in [4.69, 9.17) is 0 Å². The molecule has 0 bridgehead atoms. The van der Waals surface area contributed by atoms with Crippen LogP contribution in [0.1, 0.15) is 24.2 Å². The maximum absolute atomic E-state index is 13.0. The number of benzene rings is 1. The summed E-state index contributed by atoms with van der Waals surface area (Å²) in [6.07, 6.45) is 3.47. The van der Waals surface area contributed by atoms with E-state index in [0.717, 1.165) is 5.56 Å². The van der Waals surface area contributed by atoms with Crippen LogP contribution in [0, 0.1) is 5.82 Å². The van der Waals surface area contributed by atoms with Crippen LogP contribution in [0.15, 0.2) is 65.7 Å². The fraction of sp³-hybridized carbons (Fsp3) is 0.143. The summed E-state index contributed by atoms with van der Waals surface area (Å²) in [5.74, 6) is -0.589. The lowest BCUT2D eigenvalue weighted by atomic mass is 10.1. The fourth-order valence-corrected chi connectivity index (χ4v) is 3.06. The Balaban J connectivity index is 1.54. The first-order valence-electron chi connectivity index (χ1n) is 9.06. The number of carbonyl (C=O) groups excluding carboxylic acids is 1. The van der Waals surface area contributed by atoms with E-state index in [0.29, 0.717) is 22.6 Å². The highest BCUT2D eigenvalue weighted by Gasteiger charge is 2.15. The van der Waals surface area contributed by atoms with Crippen LogP contribution in [0.3, 0.4) is 0 Å². The van der Waals surface area contributed by atoms with Gasteiger partial charge in [0.2, 0.25) is 5.91 Å². The number of fused-ring (bicyclic) bond motifs is 1. The van der Waals surface area contributed by atoms with Crippen LogP contribution in [0.4, 0.5) is 4.39 Å². The normalized spacial score (nSPS) is 12.1. The van der Waals surface area contributed by atoms with E-state index < -0.39 is 6.04 Å². The van der Waals surface area contributed by atoms with Crippen molar-refractivity contribution in [3.8, 4) is 11.3 Å². The van der Waals surface area contributed by atoms with E-state index in [1.165, 1.54) is 22.7 Å². The summed E-state index contributed by atoms with van der Waals surface area (Å²) in [5, 5.41) is 5.83. The number of aromatic amines is 1. The molecule has 0 unspecified atom stereocenters. The van der Waals surface area contributed by atoms with Crippen molar-refractivity contribution in [2.45, 2.75) is 19.4 Å². The molecule has 7 nitrogen and oxygen atoms in total. The number of carbonyl (C=O) groups is 1. The van der Waals surface area contributed by atoms with Gasteiger partial charge >= 0.3 is 0 Å². The number of H-pyrrole nitrogens is 1. The molecule has 0 saturated heterocycles. The minimum Gasteiger partial charge on any atom is -0.348 e. The number of nitrogens with zero attached hydrogens (tertiary/aromatic N) is 3. The summed E-state index contributed by atoms with van der Waals surface area (Å²) in [4.78, 5) is 33.4. The molecule has 0 aliphatic rings. The molecule has 2 N–H and O–H groups in total. The molecule has 1 aromatic carbocycles. The molecule has 0 aliphatic carbocycles. The number of nitrogens with one attached hydrogen (secondary N) is 2. The maximum atomic E-state index is 13.0. The summed E-state index contributed by atoms with van der Waals surface area (Å²) < 4.78 is 14.3. The van der Waals surface area contributed by atoms with Crippen LogP contribution in [0.25, 0.3) is 16.9 Å². The van der Waals surface area contributed by atoms with Crippen molar-refractivity contribution in [3.05, 3.63) is 88.4 Å². The van der Waals surface area contributed by atoms with Crippen molar-refractivity contribution in [1.29, 1.82) is 0 Å². The molecule has 3 aromatic heterocycles. The standard InChI is InChI=1S/C21H18FN5O2/c1-13(24-20(28)9-14-4-6-16(22)7-5-14)17-11-21(29)27-19(25-17)10-18(26-27)15-3-2-8-23-12-15/h2-8,10-13,26H,9H2,1H3,(H,24,28)/t13-/m0/s1. The Hall–Kier alpha value is -3.81. The molecule has 1 amide bonds. The highest BCUT2D eigenvalue weighted by molar-refractivity contribution is 5.79. The predicted molar refractivity (Wildman–Crippen MR) is 106 cm³/mol. The monoisotopic (exact) mass is 391 g/mol. The van der Waals surface area contributed by atoms with E-state index in [1.54, 1.807) is 43.6 Å². The third-order valence-electron chi connectivity index (χ3n) is 4.54. The Morgan fingerprint density at radius 1 is 1.24 bits per heavy atom. The smallest absolute Gasteiger partial charge is 0.272 e. The second-order valence-electron chi connectivity index (χ2n) is 6.72. The van der Waals surface area contributed by atoms with Gasteiger partial charge in [-0.15, -0.1) is 0 Å². The summed E-state index contributed by atoms with van der Waals surface area (Å²) >= 11 is 0. The summed E-state index contributed by atoms with van der Waals surface area (Å²) in [7, 11) is 0. The summed E-state index contributed by atoms with van der Waals surface area (Å²) in [6, 6.07) is 12.1. The summed E-state index contributed by atoms with van der Waals surface area (Å²) in [6.45, 7) is 1.76. The third kappa shape index (κ3) is 4.06. The van der Waals surface area contributed by atoms with Gasteiger partial charge in [-0.2, -0.15) is 0 Å². The van der Waals surface area contributed by atoms with Crippen LogP contribution >= 0.6 is 0 Å². The Morgan fingerprint density at radius 2 is 2.03 bits per heavy atom. The largest absolute Gasteiger partial charge is 0.348 e. The molecule has 3 heterocycles. The Kier molecular flexibility index (Phi) is 4.90. The fourth-order valence-electron chi connectivity index (χ4n) is 3.06. The Labute approximate surface area is 165 Å². The third-order valence-corrected chi connectivity index (χ3v) is 4.54. The number of aromatic nitrogens is 4. The first-order chi connectivity index (χ1) is 14.0. The van der Waals surface area contributed by atoms with Gasteiger partial charge in [-0.25, -0.2) is 13.9 Å². The van der Waals surface area contributed by atoms with Gasteiger partial charge in [0.05, 0.1) is 23.9 Å². The van der Waals surface area contributed by atoms with Crippen molar-refractivity contribution in [2.75, 3.05) is 0 Å². The molecule has 4 rings (SSSR count). The SMILES string of the molecule is C[C@H](NC(=O)Cc1ccc(F)cc1)c1cc(=O)n2[nH]c(-c3cccnc3)cc2n1. The molecular formula is C21H18FN5O2. The van der Waals surface area contributed by atoms with Crippen molar-refractivity contribution >= 4 is 11.6 Å². The molecule has 1 atom stereocenters. The first-order valence-corrected chi connectivity index (χ1v) is 9.06. The zero-order chi connectivity index (χ0) is 20.4. The Bertz CT molecular complexity index is 1220. The van der Waals surface area contributed by atoms with Crippen LogP contribution in [0.5, 0.6) is 0 Å². The minimum atomic E-state index is -0.461. The van der Waals surface area contributed by atoms with E-state index in [-0.39, 0.29) is 23.7 Å². The second kappa shape index (κ2) is 7.67. The van der Waals surface area contributed by atoms with Gasteiger partial charge in [-0.05, 0) is 36.8 Å². The van der Waals surface area contributed by atoms with E-state index in [2.05, 4.69) is 20.4 Å². The highest BCUT2D eigenvalue weighted by Crippen LogP contribution is 2.18. The van der Waals surface area contributed by atoms with E-state index in [1.807, 2.05) is 6.07 Å². The maximum Gasteiger partial charge on any atom is 0.272 e. The van der Waals surface area contributed by atoms with Gasteiger partial charge < -0.3 is 5.32 Å². The van der Waals surface area contributed by atoms with Crippen LogP contribution in [-0.2, 0) is 11.2 Å². The van der Waals surface area contributed by atoms with Crippen molar-refractivity contribution in [2.24, 2.45) is 0 Å². The number of pyridine rings is 1. The number of rotatable bonds is 5. The lowest BCUT2D eigenvalue weighted by molar-refractivity contribution is -0.121. The molecule has 0 radical (unpaired) electrons. The lowest BCUT2D eigenvalue weighted by Crippen LogP contribution is -2.30. The molecule has 0 fully saturated rings. The van der Waals surface area contributed by atoms with Crippen LogP contribution < -0.4 is 10.9 Å². The van der Waals surface area contributed by atoms with Crippen molar-refractivity contribution in [1.82, 2.24) is 24.9 Å². The van der Waals surface area contributed by atoms with E-state index >= 15 is 0 Å². The zero-order valence-corrected chi connectivity index (χ0v) is 15.6. The first kappa shape index (κ1) is 18.5. The molecule has 0 aliphatic heterocycles. The summed E-state index contributed by atoms with van der Waals surface area (Å²) in [5.41, 5.74) is 2.88. The Morgan fingerprint density at radius 3 is 2.76 bits per heavy atom. The molecule has 4 aromatic rings. The quantitative estimate of drug-likeness (QED) is 0.547. The highest BCUT2D eigenvalue weighted by atomic mass is 19.1. The minimum absolute atomic E-state index is 0.112. The van der Waals surface area contributed by atoms with Gasteiger partial charge in [0.1, 0.15) is 5.82 Å². The molecule has 0 saturated carbocycles. The molecular weight excluding hydrogens is 373 g/mol. The van der Waals surface area contributed by atoms with Gasteiger partial charge in [0, 0.05) is 30.1 Å². The number of hydrogen-bond donors (Lipinski definition) is 2. The van der Waals surface area contributed by atoms with Crippen molar-refractivity contribution < 1.29 is 9.18 Å². The average Bonchev–Trinajstić information content (AvgIpc) is 3.15. The van der Waals surface area contributed by atoms with Crippen LogP contribution in [0.2, 0.25) is 0 Å². The van der Waals surface area contributed by atoms with Gasteiger partial charge in [0.25, 0.3) is 5.56 Å². The molecule has 29 heavy (non-hydrogen) atoms. The molecule has 8 heteroatoms. The topological polar surface area (TPSA) is 92.2 Å². The molecule has 146 valence electrons. The van der Waals surface area contributed by atoms with Crippen LogP contribution in [-0.4, -0.2) is 25.5 Å². The van der Waals surface area contributed by atoms with E-state index in [9.17, 15) is 14.0 Å². The lowest BCUT2D eigenvalue weighted by Gasteiger charge is -2.13. The van der Waals surface area contributed by atoms with Gasteiger partial charge in [0.15, 0.2) is 5.65 Å². The second-order valence-corrected chi connectivity index (χ2v) is 6.72. The number of amides is 1. The van der Waals surface area contributed by atoms with Crippen molar-refractivity contribution in [3.63, 3.8) is 0 Å². The molecule has 0 spiro atoms. The number of halogens is 1. The van der Waals surface area contributed by atoms with Gasteiger partial charge in [-0.3, -0.25) is 19.7 Å². The predicted octanol–water partition coefficient (Wildman–Crippen LogP) is 2.64. The zero-order valence-electron chi connectivity index (χ0n) is 15.6. The van der Waals surface area contributed by atoms with Gasteiger partial charge in [-0.1, -0.05) is 12.1 Å². The average molecular weight is 391 g/mol.